The van der Waals surface area contributed by atoms with Gasteiger partial charge >= 0.3 is 5.97 Å². The number of carbonyl (C=O) groups excluding carboxylic acids is 1. The molecule has 1 saturated heterocycles. The number of esters is 1. The molecule has 0 spiro atoms. The van der Waals surface area contributed by atoms with Gasteiger partial charge in [-0.15, -0.1) is 0 Å². The zero-order valence-electron chi connectivity index (χ0n) is 12.3. The molecule has 0 aromatic heterocycles. The zero-order chi connectivity index (χ0) is 14.5. The first kappa shape index (κ1) is 14.7. The van der Waals surface area contributed by atoms with E-state index < -0.39 is 0 Å². The number of carbonyl (C=O) groups is 1. The van der Waals surface area contributed by atoms with Crippen LogP contribution in [-0.4, -0.2) is 50.2 Å². The Hall–Kier alpha value is -1.75. The molecule has 1 aliphatic rings. The average molecular weight is 277 g/mol. The highest BCUT2D eigenvalue weighted by Crippen LogP contribution is 2.29. The van der Waals surface area contributed by atoms with E-state index in [2.05, 4.69) is 16.7 Å². The molecule has 1 aromatic rings. The van der Waals surface area contributed by atoms with E-state index in [-0.39, 0.29) is 5.97 Å². The second-order valence-corrected chi connectivity index (χ2v) is 4.89. The minimum Gasteiger partial charge on any atom is -0.462 e. The average Bonchev–Trinajstić information content (AvgIpc) is 2.47. The normalized spacial score (nSPS) is 16.2. The van der Waals surface area contributed by atoms with Gasteiger partial charge < -0.3 is 20.3 Å². The molecule has 1 aliphatic heterocycles. The van der Waals surface area contributed by atoms with Gasteiger partial charge in [0.1, 0.15) is 0 Å². The summed E-state index contributed by atoms with van der Waals surface area (Å²) in [5.74, 6) is -0.298. The van der Waals surface area contributed by atoms with Crippen molar-refractivity contribution >= 4 is 17.3 Å². The van der Waals surface area contributed by atoms with Crippen LogP contribution in [-0.2, 0) is 4.74 Å². The SMILES string of the molecule is CCOC(=O)c1cccc(N)c1N1CCN(CC)CC1. The van der Waals surface area contributed by atoms with Crippen molar-refractivity contribution in [1.82, 2.24) is 4.90 Å². The van der Waals surface area contributed by atoms with Crippen molar-refractivity contribution in [3.05, 3.63) is 23.8 Å². The third-order valence-electron chi connectivity index (χ3n) is 3.70. The Balaban J connectivity index is 2.24. The molecule has 0 aliphatic carbocycles. The summed E-state index contributed by atoms with van der Waals surface area (Å²) in [5.41, 5.74) is 8.12. The summed E-state index contributed by atoms with van der Waals surface area (Å²) in [5, 5.41) is 0. The Labute approximate surface area is 120 Å². The number of rotatable bonds is 4. The predicted molar refractivity (Wildman–Crippen MR) is 81.1 cm³/mol. The number of hydrogen-bond donors (Lipinski definition) is 1. The number of para-hydroxylation sites is 1. The van der Waals surface area contributed by atoms with Gasteiger partial charge in [0, 0.05) is 26.2 Å². The number of piperazine rings is 1. The fourth-order valence-electron chi connectivity index (χ4n) is 2.58. The molecule has 20 heavy (non-hydrogen) atoms. The van der Waals surface area contributed by atoms with E-state index in [0.29, 0.717) is 17.9 Å². The van der Waals surface area contributed by atoms with Gasteiger partial charge in [-0.3, -0.25) is 0 Å². The van der Waals surface area contributed by atoms with Gasteiger partial charge in [0.2, 0.25) is 0 Å². The van der Waals surface area contributed by atoms with Crippen LogP contribution in [0.3, 0.4) is 0 Å². The zero-order valence-corrected chi connectivity index (χ0v) is 12.3. The quantitative estimate of drug-likeness (QED) is 0.669. The Kier molecular flexibility index (Phi) is 4.84. The monoisotopic (exact) mass is 277 g/mol. The smallest absolute Gasteiger partial charge is 0.340 e. The summed E-state index contributed by atoms with van der Waals surface area (Å²) in [6, 6.07) is 5.42. The number of hydrogen-bond acceptors (Lipinski definition) is 5. The summed E-state index contributed by atoms with van der Waals surface area (Å²) < 4.78 is 5.13. The largest absolute Gasteiger partial charge is 0.462 e. The van der Waals surface area contributed by atoms with E-state index in [4.69, 9.17) is 10.5 Å². The lowest BCUT2D eigenvalue weighted by Gasteiger charge is -2.36. The second kappa shape index (κ2) is 6.61. The first-order valence-corrected chi connectivity index (χ1v) is 7.20. The summed E-state index contributed by atoms with van der Waals surface area (Å²) in [6.45, 7) is 9.16. The van der Waals surface area contributed by atoms with E-state index >= 15 is 0 Å². The van der Waals surface area contributed by atoms with Crippen LogP contribution < -0.4 is 10.6 Å². The fourth-order valence-corrected chi connectivity index (χ4v) is 2.58. The number of nitrogen functional groups attached to an aromatic ring is 1. The third kappa shape index (κ3) is 3.04. The maximum atomic E-state index is 12.1. The van der Waals surface area contributed by atoms with Crippen molar-refractivity contribution in [2.75, 3.05) is 50.0 Å². The third-order valence-corrected chi connectivity index (χ3v) is 3.70. The van der Waals surface area contributed by atoms with Crippen molar-refractivity contribution in [3.8, 4) is 0 Å². The van der Waals surface area contributed by atoms with Gasteiger partial charge in [0.05, 0.1) is 23.5 Å². The maximum absolute atomic E-state index is 12.1. The molecule has 110 valence electrons. The molecule has 0 atom stereocenters. The van der Waals surface area contributed by atoms with E-state index in [0.717, 1.165) is 38.4 Å². The molecular formula is C15H23N3O2. The summed E-state index contributed by atoms with van der Waals surface area (Å²) >= 11 is 0. The van der Waals surface area contributed by atoms with Crippen molar-refractivity contribution in [2.24, 2.45) is 0 Å². The summed E-state index contributed by atoms with van der Waals surface area (Å²) in [4.78, 5) is 16.6. The highest BCUT2D eigenvalue weighted by atomic mass is 16.5. The minimum atomic E-state index is -0.298. The van der Waals surface area contributed by atoms with Crippen molar-refractivity contribution in [2.45, 2.75) is 13.8 Å². The van der Waals surface area contributed by atoms with E-state index in [9.17, 15) is 4.79 Å². The summed E-state index contributed by atoms with van der Waals surface area (Å²) in [6.07, 6.45) is 0. The van der Waals surface area contributed by atoms with Gasteiger partial charge in [0.15, 0.2) is 0 Å². The van der Waals surface area contributed by atoms with Gasteiger partial charge in [-0.25, -0.2) is 4.79 Å². The molecule has 0 saturated carbocycles. The van der Waals surface area contributed by atoms with Crippen LogP contribution in [0.2, 0.25) is 0 Å². The first-order valence-electron chi connectivity index (χ1n) is 7.20. The van der Waals surface area contributed by atoms with Crippen LogP contribution >= 0.6 is 0 Å². The first-order chi connectivity index (χ1) is 9.67. The Bertz CT molecular complexity index is 468. The number of ether oxygens (including phenoxy) is 1. The standard InChI is InChI=1S/C15H23N3O2/c1-3-17-8-10-18(11-9-17)14-12(15(19)20-4-2)6-5-7-13(14)16/h5-7H,3-4,8-11,16H2,1-2H3. The fraction of sp³-hybridized carbons (Fsp3) is 0.533. The van der Waals surface area contributed by atoms with E-state index in [1.807, 2.05) is 13.0 Å². The molecule has 2 N–H and O–H groups in total. The molecule has 1 aromatic carbocycles. The number of benzene rings is 1. The molecule has 1 fully saturated rings. The van der Waals surface area contributed by atoms with Gasteiger partial charge in [-0.1, -0.05) is 13.0 Å². The topological polar surface area (TPSA) is 58.8 Å². The van der Waals surface area contributed by atoms with Crippen LogP contribution in [0.1, 0.15) is 24.2 Å². The van der Waals surface area contributed by atoms with Gasteiger partial charge in [-0.05, 0) is 25.6 Å². The molecule has 0 bridgehead atoms. The van der Waals surface area contributed by atoms with Crippen molar-refractivity contribution in [3.63, 3.8) is 0 Å². The predicted octanol–water partition coefficient (Wildman–Crippen LogP) is 1.59. The van der Waals surface area contributed by atoms with E-state index in [1.54, 1.807) is 12.1 Å². The summed E-state index contributed by atoms with van der Waals surface area (Å²) in [7, 11) is 0. The molecular weight excluding hydrogens is 254 g/mol. The molecule has 2 rings (SSSR count). The molecule has 1 heterocycles. The molecule has 0 radical (unpaired) electrons. The van der Waals surface area contributed by atoms with Gasteiger partial charge in [-0.2, -0.15) is 0 Å². The lowest BCUT2D eigenvalue weighted by molar-refractivity contribution is 0.0527. The molecule has 5 heteroatoms. The van der Waals surface area contributed by atoms with Crippen LogP contribution in [0.5, 0.6) is 0 Å². The van der Waals surface area contributed by atoms with Gasteiger partial charge in [0.25, 0.3) is 0 Å². The highest BCUT2D eigenvalue weighted by Gasteiger charge is 2.23. The number of likely N-dealkylation sites (N-methyl/N-ethyl adjacent to an activating group) is 1. The Morgan fingerprint density at radius 2 is 1.95 bits per heavy atom. The highest BCUT2D eigenvalue weighted by molar-refractivity contribution is 5.99. The second-order valence-electron chi connectivity index (χ2n) is 4.89. The van der Waals surface area contributed by atoms with E-state index in [1.165, 1.54) is 0 Å². The Morgan fingerprint density at radius 3 is 2.55 bits per heavy atom. The van der Waals surface area contributed by atoms with Crippen LogP contribution in [0.25, 0.3) is 0 Å². The molecule has 0 unspecified atom stereocenters. The lowest BCUT2D eigenvalue weighted by Crippen LogP contribution is -2.46. The van der Waals surface area contributed by atoms with Crippen LogP contribution in [0.4, 0.5) is 11.4 Å². The van der Waals surface area contributed by atoms with Crippen molar-refractivity contribution < 1.29 is 9.53 Å². The van der Waals surface area contributed by atoms with Crippen LogP contribution in [0, 0.1) is 0 Å². The number of nitrogens with zero attached hydrogens (tertiary/aromatic N) is 2. The lowest BCUT2D eigenvalue weighted by atomic mass is 10.1. The molecule has 5 nitrogen and oxygen atoms in total. The molecule has 0 amide bonds. The minimum absolute atomic E-state index is 0.298. The number of anilines is 2. The van der Waals surface area contributed by atoms with Crippen molar-refractivity contribution in [1.29, 1.82) is 0 Å². The Morgan fingerprint density at radius 1 is 1.25 bits per heavy atom. The van der Waals surface area contributed by atoms with Crippen LogP contribution in [0.15, 0.2) is 18.2 Å². The maximum Gasteiger partial charge on any atom is 0.340 e. The number of nitrogens with two attached hydrogens (primary N) is 1.